The molecular formula is C13H10BrClN2. The van der Waals surface area contributed by atoms with Gasteiger partial charge in [-0.3, -0.25) is 5.43 Å². The maximum absolute atomic E-state index is 5.87. The molecule has 0 aliphatic rings. The van der Waals surface area contributed by atoms with Crippen LogP contribution in [0, 0.1) is 0 Å². The van der Waals surface area contributed by atoms with Crippen LogP contribution in [-0.4, -0.2) is 6.21 Å². The highest BCUT2D eigenvalue weighted by atomic mass is 79.9. The molecule has 0 bridgehead atoms. The van der Waals surface area contributed by atoms with Crippen molar-refractivity contribution in [2.45, 2.75) is 0 Å². The number of anilines is 1. The van der Waals surface area contributed by atoms with Crippen LogP contribution in [0.5, 0.6) is 0 Å². The zero-order valence-electron chi connectivity index (χ0n) is 8.90. The summed E-state index contributed by atoms with van der Waals surface area (Å²) in [6.45, 7) is 0. The SMILES string of the molecule is Clc1cccc(/C=N/Nc2cccc(Br)c2)c1. The molecular weight excluding hydrogens is 300 g/mol. The van der Waals surface area contributed by atoms with E-state index in [-0.39, 0.29) is 0 Å². The number of hydrogen-bond donors (Lipinski definition) is 1. The number of halogens is 2. The van der Waals surface area contributed by atoms with Crippen molar-refractivity contribution in [3.63, 3.8) is 0 Å². The van der Waals surface area contributed by atoms with Crippen LogP contribution in [0.3, 0.4) is 0 Å². The number of hydrogen-bond acceptors (Lipinski definition) is 2. The summed E-state index contributed by atoms with van der Waals surface area (Å²) in [4.78, 5) is 0. The van der Waals surface area contributed by atoms with Gasteiger partial charge in [-0.25, -0.2) is 0 Å². The molecule has 4 heteroatoms. The first-order valence-electron chi connectivity index (χ1n) is 5.04. The van der Waals surface area contributed by atoms with E-state index in [2.05, 4.69) is 26.5 Å². The molecule has 0 saturated carbocycles. The molecule has 2 rings (SSSR count). The van der Waals surface area contributed by atoms with Crippen LogP contribution >= 0.6 is 27.5 Å². The van der Waals surface area contributed by atoms with Crippen molar-refractivity contribution in [1.82, 2.24) is 0 Å². The highest BCUT2D eigenvalue weighted by Gasteiger charge is 1.91. The average molecular weight is 310 g/mol. The third-order valence-corrected chi connectivity index (χ3v) is 2.81. The lowest BCUT2D eigenvalue weighted by Gasteiger charge is -2.00. The molecule has 2 aromatic rings. The number of rotatable bonds is 3. The Kier molecular flexibility index (Phi) is 4.18. The first kappa shape index (κ1) is 12.1. The molecule has 0 aliphatic carbocycles. The average Bonchev–Trinajstić information content (AvgIpc) is 2.29. The van der Waals surface area contributed by atoms with Crippen LogP contribution < -0.4 is 5.43 Å². The first-order valence-corrected chi connectivity index (χ1v) is 6.21. The van der Waals surface area contributed by atoms with E-state index in [1.165, 1.54) is 0 Å². The molecule has 0 unspecified atom stereocenters. The second kappa shape index (κ2) is 5.84. The second-order valence-electron chi connectivity index (χ2n) is 3.44. The fraction of sp³-hybridized carbons (Fsp3) is 0. The van der Waals surface area contributed by atoms with E-state index in [9.17, 15) is 0 Å². The van der Waals surface area contributed by atoms with Crippen molar-refractivity contribution in [1.29, 1.82) is 0 Å². The molecule has 17 heavy (non-hydrogen) atoms. The number of hydrazone groups is 1. The predicted octanol–water partition coefficient (Wildman–Crippen LogP) is 4.55. The van der Waals surface area contributed by atoms with Crippen LogP contribution in [0.1, 0.15) is 5.56 Å². The van der Waals surface area contributed by atoms with Crippen molar-refractivity contribution in [3.8, 4) is 0 Å². The molecule has 1 N–H and O–H groups in total. The minimum Gasteiger partial charge on any atom is -0.278 e. The molecule has 0 spiro atoms. The quantitative estimate of drug-likeness (QED) is 0.653. The van der Waals surface area contributed by atoms with Gasteiger partial charge in [-0.05, 0) is 35.9 Å². The minimum atomic E-state index is 0.705. The molecule has 0 saturated heterocycles. The third-order valence-electron chi connectivity index (χ3n) is 2.08. The Hall–Kier alpha value is -1.32. The minimum absolute atomic E-state index is 0.705. The fourth-order valence-corrected chi connectivity index (χ4v) is 1.92. The lowest BCUT2D eigenvalue weighted by molar-refractivity contribution is 1.35. The van der Waals surface area contributed by atoms with Gasteiger partial charge in [-0.15, -0.1) is 0 Å². The van der Waals surface area contributed by atoms with E-state index in [1.807, 2.05) is 48.5 Å². The van der Waals surface area contributed by atoms with Gasteiger partial charge < -0.3 is 0 Å². The number of benzene rings is 2. The smallest absolute Gasteiger partial charge is 0.0573 e. The predicted molar refractivity (Wildman–Crippen MR) is 76.8 cm³/mol. The van der Waals surface area contributed by atoms with Gasteiger partial charge in [-0.2, -0.15) is 5.10 Å². The maximum atomic E-state index is 5.87. The van der Waals surface area contributed by atoms with Gasteiger partial charge in [0.1, 0.15) is 0 Å². The van der Waals surface area contributed by atoms with Crippen LogP contribution in [0.25, 0.3) is 0 Å². The number of nitrogens with one attached hydrogen (secondary N) is 1. The van der Waals surface area contributed by atoms with E-state index >= 15 is 0 Å². The summed E-state index contributed by atoms with van der Waals surface area (Å²) in [5, 5.41) is 4.84. The van der Waals surface area contributed by atoms with Crippen LogP contribution in [0.4, 0.5) is 5.69 Å². The molecule has 0 fully saturated rings. The zero-order valence-corrected chi connectivity index (χ0v) is 11.2. The molecule has 0 aliphatic heterocycles. The molecule has 0 heterocycles. The van der Waals surface area contributed by atoms with Crippen molar-refractivity contribution in [2.75, 3.05) is 5.43 Å². The lowest BCUT2D eigenvalue weighted by Crippen LogP contribution is -1.90. The van der Waals surface area contributed by atoms with Gasteiger partial charge in [0.25, 0.3) is 0 Å². The van der Waals surface area contributed by atoms with Crippen LogP contribution in [0.2, 0.25) is 5.02 Å². The van der Waals surface area contributed by atoms with Gasteiger partial charge in [0, 0.05) is 9.50 Å². The Morgan fingerprint density at radius 3 is 2.71 bits per heavy atom. The molecule has 86 valence electrons. The molecule has 0 amide bonds. The normalized spacial score (nSPS) is 10.7. The highest BCUT2D eigenvalue weighted by molar-refractivity contribution is 9.10. The first-order chi connectivity index (χ1) is 8.24. The monoisotopic (exact) mass is 308 g/mol. The summed E-state index contributed by atoms with van der Waals surface area (Å²) in [6.07, 6.45) is 1.73. The summed E-state index contributed by atoms with van der Waals surface area (Å²) in [6, 6.07) is 15.3. The van der Waals surface area contributed by atoms with E-state index in [4.69, 9.17) is 11.6 Å². The fourth-order valence-electron chi connectivity index (χ4n) is 1.33. The van der Waals surface area contributed by atoms with Crippen LogP contribution in [-0.2, 0) is 0 Å². The summed E-state index contributed by atoms with van der Waals surface area (Å²) in [7, 11) is 0. The Morgan fingerprint density at radius 1 is 1.12 bits per heavy atom. The Bertz CT molecular complexity index is 540. The van der Waals surface area contributed by atoms with E-state index in [0.717, 1.165) is 15.7 Å². The maximum Gasteiger partial charge on any atom is 0.0573 e. The van der Waals surface area contributed by atoms with Crippen molar-refractivity contribution in [3.05, 3.63) is 63.6 Å². The summed E-state index contributed by atoms with van der Waals surface area (Å²) >= 11 is 9.27. The van der Waals surface area contributed by atoms with Crippen molar-refractivity contribution in [2.24, 2.45) is 5.10 Å². The second-order valence-corrected chi connectivity index (χ2v) is 4.79. The van der Waals surface area contributed by atoms with Gasteiger partial charge in [0.15, 0.2) is 0 Å². The molecule has 0 atom stereocenters. The highest BCUT2D eigenvalue weighted by Crippen LogP contribution is 2.15. The summed E-state index contributed by atoms with van der Waals surface area (Å²) < 4.78 is 1.01. The molecule has 0 aromatic heterocycles. The summed E-state index contributed by atoms with van der Waals surface area (Å²) in [5.74, 6) is 0. The molecule has 2 aromatic carbocycles. The third kappa shape index (κ3) is 3.88. The van der Waals surface area contributed by atoms with E-state index < -0.39 is 0 Å². The van der Waals surface area contributed by atoms with Crippen molar-refractivity contribution < 1.29 is 0 Å². The van der Waals surface area contributed by atoms with E-state index in [0.29, 0.717) is 5.02 Å². The Morgan fingerprint density at radius 2 is 1.94 bits per heavy atom. The van der Waals surface area contributed by atoms with Gasteiger partial charge in [-0.1, -0.05) is 45.7 Å². The van der Waals surface area contributed by atoms with Gasteiger partial charge in [0.2, 0.25) is 0 Å². The Balaban J connectivity index is 2.03. The van der Waals surface area contributed by atoms with E-state index in [1.54, 1.807) is 6.21 Å². The summed E-state index contributed by atoms with van der Waals surface area (Å²) in [5.41, 5.74) is 4.84. The zero-order chi connectivity index (χ0) is 12.1. The van der Waals surface area contributed by atoms with Crippen LogP contribution in [0.15, 0.2) is 58.1 Å². The molecule has 2 nitrogen and oxygen atoms in total. The van der Waals surface area contributed by atoms with Gasteiger partial charge in [0.05, 0.1) is 11.9 Å². The standard InChI is InChI=1S/C13H10BrClN2/c14-11-4-2-6-13(8-11)17-16-9-10-3-1-5-12(15)7-10/h1-9,17H/b16-9+. The number of nitrogens with zero attached hydrogens (tertiary/aromatic N) is 1. The lowest BCUT2D eigenvalue weighted by atomic mass is 10.2. The topological polar surface area (TPSA) is 24.4 Å². The van der Waals surface area contributed by atoms with Gasteiger partial charge >= 0.3 is 0 Å². The molecule has 0 radical (unpaired) electrons. The Labute approximate surface area is 113 Å². The largest absolute Gasteiger partial charge is 0.278 e. The van der Waals surface area contributed by atoms with Crippen molar-refractivity contribution >= 4 is 39.4 Å².